The number of carbonyl (C=O) groups is 2. The zero-order valence-electron chi connectivity index (χ0n) is 25.9. The van der Waals surface area contributed by atoms with Gasteiger partial charge in [-0.1, -0.05) is 135 Å². The second-order valence-electron chi connectivity index (χ2n) is 11.1. The standard InChI is InChI=1S/C38H44O4P2/c1-31(29-43(33-19-9-5-10-20-33)34-21-11-6-12-22-34)37(39)41-27-17-3-4-18-28-42-38(40)32(2)30-44(35-23-13-7-14-24-35)36-25-15-8-16-26-36/h5-16,19-26,31-32H,3-4,17-18,27-30H2,1-2H3. The van der Waals surface area contributed by atoms with Crippen LogP contribution in [-0.4, -0.2) is 37.5 Å². The van der Waals surface area contributed by atoms with Crippen molar-refractivity contribution >= 4 is 49.0 Å². The number of carbonyl (C=O) groups excluding carboxylic acids is 2. The Kier molecular flexibility index (Phi) is 14.1. The maximum atomic E-state index is 12.8. The highest BCUT2D eigenvalue weighted by atomic mass is 31.1. The molecule has 2 atom stereocenters. The lowest BCUT2D eigenvalue weighted by Crippen LogP contribution is -2.23. The fraction of sp³-hybridized carbons (Fsp3) is 0.316. The smallest absolute Gasteiger partial charge is 0.309 e. The van der Waals surface area contributed by atoms with E-state index in [1.54, 1.807) is 0 Å². The molecule has 2 unspecified atom stereocenters. The van der Waals surface area contributed by atoms with Crippen LogP contribution in [0, 0.1) is 11.8 Å². The molecule has 0 heterocycles. The molecule has 0 aliphatic heterocycles. The Bertz CT molecular complexity index is 1200. The molecular weight excluding hydrogens is 582 g/mol. The van der Waals surface area contributed by atoms with Crippen molar-refractivity contribution in [2.24, 2.45) is 11.8 Å². The van der Waals surface area contributed by atoms with E-state index in [4.69, 9.17) is 9.47 Å². The summed E-state index contributed by atoms with van der Waals surface area (Å²) in [5, 5.41) is 5.10. The highest BCUT2D eigenvalue weighted by Crippen LogP contribution is 2.37. The van der Waals surface area contributed by atoms with Gasteiger partial charge in [-0.2, -0.15) is 0 Å². The van der Waals surface area contributed by atoms with Gasteiger partial charge in [0.05, 0.1) is 25.0 Å². The van der Waals surface area contributed by atoms with Crippen LogP contribution in [0.2, 0.25) is 0 Å². The highest BCUT2D eigenvalue weighted by molar-refractivity contribution is 7.73. The number of hydrogen-bond donors (Lipinski definition) is 0. The molecule has 0 aliphatic rings. The molecule has 6 heteroatoms. The zero-order chi connectivity index (χ0) is 31.0. The first-order valence-corrected chi connectivity index (χ1v) is 18.7. The summed E-state index contributed by atoms with van der Waals surface area (Å²) in [6, 6.07) is 41.8. The molecule has 230 valence electrons. The van der Waals surface area contributed by atoms with Crippen molar-refractivity contribution in [2.45, 2.75) is 39.5 Å². The van der Waals surface area contributed by atoms with Gasteiger partial charge < -0.3 is 9.47 Å². The average molecular weight is 627 g/mol. The summed E-state index contributed by atoms with van der Waals surface area (Å²) in [6.07, 6.45) is 5.03. The van der Waals surface area contributed by atoms with Crippen LogP contribution < -0.4 is 21.2 Å². The largest absolute Gasteiger partial charge is 0.465 e. The molecule has 0 radical (unpaired) electrons. The third-order valence-corrected chi connectivity index (χ3v) is 13.0. The molecule has 4 aromatic carbocycles. The van der Waals surface area contributed by atoms with E-state index in [2.05, 4.69) is 97.1 Å². The van der Waals surface area contributed by atoms with Crippen LogP contribution >= 0.6 is 15.8 Å². The van der Waals surface area contributed by atoms with Crippen LogP contribution in [0.5, 0.6) is 0 Å². The summed E-state index contributed by atoms with van der Waals surface area (Å²) >= 11 is 0. The molecule has 0 aliphatic carbocycles. The van der Waals surface area contributed by atoms with Gasteiger partial charge in [-0.25, -0.2) is 0 Å². The first-order valence-electron chi connectivity index (χ1n) is 15.6. The van der Waals surface area contributed by atoms with Crippen molar-refractivity contribution in [2.75, 3.05) is 25.5 Å². The molecule has 4 rings (SSSR count). The van der Waals surface area contributed by atoms with E-state index in [1.165, 1.54) is 21.2 Å². The predicted octanol–water partition coefficient (Wildman–Crippen LogP) is 7.17. The van der Waals surface area contributed by atoms with E-state index < -0.39 is 15.8 Å². The van der Waals surface area contributed by atoms with Gasteiger partial charge in [0.15, 0.2) is 0 Å². The number of rotatable bonds is 17. The lowest BCUT2D eigenvalue weighted by Gasteiger charge is -2.22. The predicted molar refractivity (Wildman–Crippen MR) is 187 cm³/mol. The minimum absolute atomic E-state index is 0.127. The van der Waals surface area contributed by atoms with Gasteiger partial charge >= 0.3 is 11.9 Å². The van der Waals surface area contributed by atoms with Crippen molar-refractivity contribution in [1.29, 1.82) is 0 Å². The molecule has 0 saturated heterocycles. The lowest BCUT2D eigenvalue weighted by atomic mass is 10.2. The van der Waals surface area contributed by atoms with E-state index in [1.807, 2.05) is 38.1 Å². The molecule has 0 N–H and O–H groups in total. The molecule has 0 bridgehead atoms. The van der Waals surface area contributed by atoms with Crippen molar-refractivity contribution < 1.29 is 19.1 Å². The van der Waals surface area contributed by atoms with Crippen LogP contribution in [0.4, 0.5) is 0 Å². The average Bonchev–Trinajstić information content (AvgIpc) is 3.08. The van der Waals surface area contributed by atoms with Gasteiger partial charge in [0, 0.05) is 0 Å². The summed E-state index contributed by atoms with van der Waals surface area (Å²) in [5.74, 6) is -0.600. The monoisotopic (exact) mass is 626 g/mol. The minimum atomic E-state index is -0.632. The molecule has 0 fully saturated rings. The Hall–Kier alpha value is -3.32. The molecule has 4 aromatic rings. The maximum Gasteiger partial charge on any atom is 0.309 e. The molecule has 0 amide bonds. The Morgan fingerprint density at radius 1 is 0.477 bits per heavy atom. The highest BCUT2D eigenvalue weighted by Gasteiger charge is 2.24. The number of hydrogen-bond acceptors (Lipinski definition) is 4. The minimum Gasteiger partial charge on any atom is -0.465 e. The Balaban J connectivity index is 1.12. The fourth-order valence-corrected chi connectivity index (χ4v) is 10.00. The van der Waals surface area contributed by atoms with E-state index in [0.29, 0.717) is 13.2 Å². The molecule has 0 spiro atoms. The Morgan fingerprint density at radius 3 is 1.02 bits per heavy atom. The van der Waals surface area contributed by atoms with Crippen molar-refractivity contribution in [3.05, 3.63) is 121 Å². The summed E-state index contributed by atoms with van der Waals surface area (Å²) in [5.41, 5.74) is 0. The van der Waals surface area contributed by atoms with Crippen LogP contribution in [-0.2, 0) is 19.1 Å². The number of unbranched alkanes of at least 4 members (excludes halogenated alkanes) is 3. The van der Waals surface area contributed by atoms with Gasteiger partial charge in [-0.05, 0) is 75.1 Å². The summed E-state index contributed by atoms with van der Waals surface area (Å²) in [4.78, 5) is 25.6. The summed E-state index contributed by atoms with van der Waals surface area (Å²) < 4.78 is 11.3. The normalized spacial score (nSPS) is 12.5. The van der Waals surface area contributed by atoms with E-state index in [-0.39, 0.29) is 23.8 Å². The van der Waals surface area contributed by atoms with Gasteiger partial charge in [-0.15, -0.1) is 0 Å². The van der Waals surface area contributed by atoms with Gasteiger partial charge in [0.2, 0.25) is 0 Å². The third-order valence-electron chi connectivity index (χ3n) is 7.52. The second-order valence-corrected chi connectivity index (χ2v) is 15.6. The molecule has 0 saturated carbocycles. The topological polar surface area (TPSA) is 52.6 Å². The van der Waals surface area contributed by atoms with Crippen molar-refractivity contribution in [3.63, 3.8) is 0 Å². The van der Waals surface area contributed by atoms with Gasteiger partial charge in [-0.3, -0.25) is 9.59 Å². The lowest BCUT2D eigenvalue weighted by molar-refractivity contribution is -0.148. The number of ether oxygens (including phenoxy) is 2. The third kappa shape index (κ3) is 10.7. The molecule has 44 heavy (non-hydrogen) atoms. The Labute approximate surface area is 265 Å². The number of esters is 2. The van der Waals surface area contributed by atoms with Crippen LogP contribution in [0.3, 0.4) is 0 Å². The van der Waals surface area contributed by atoms with Crippen molar-refractivity contribution in [3.8, 4) is 0 Å². The Morgan fingerprint density at radius 2 is 0.750 bits per heavy atom. The SMILES string of the molecule is CC(CP(c1ccccc1)c1ccccc1)C(=O)OCCCCCCOC(=O)C(C)CP(c1ccccc1)c1ccccc1. The second kappa shape index (κ2) is 18.5. The fourth-order valence-electron chi connectivity index (χ4n) is 5.04. The van der Waals surface area contributed by atoms with Gasteiger partial charge in [0.1, 0.15) is 0 Å². The van der Waals surface area contributed by atoms with Crippen molar-refractivity contribution in [1.82, 2.24) is 0 Å². The van der Waals surface area contributed by atoms with E-state index in [9.17, 15) is 9.59 Å². The van der Waals surface area contributed by atoms with E-state index in [0.717, 1.165) is 38.0 Å². The maximum absolute atomic E-state index is 12.8. The number of benzene rings is 4. The van der Waals surface area contributed by atoms with Crippen LogP contribution in [0.1, 0.15) is 39.5 Å². The first kappa shape index (κ1) is 33.6. The summed E-state index contributed by atoms with van der Waals surface area (Å²) in [7, 11) is -1.26. The summed E-state index contributed by atoms with van der Waals surface area (Å²) in [6.45, 7) is 4.80. The van der Waals surface area contributed by atoms with Crippen LogP contribution in [0.25, 0.3) is 0 Å². The quantitative estimate of drug-likeness (QED) is 0.0709. The van der Waals surface area contributed by atoms with E-state index >= 15 is 0 Å². The van der Waals surface area contributed by atoms with Crippen LogP contribution in [0.15, 0.2) is 121 Å². The molecule has 0 aromatic heterocycles. The molecular formula is C38H44O4P2. The first-order chi connectivity index (χ1) is 21.5. The van der Waals surface area contributed by atoms with Gasteiger partial charge in [0.25, 0.3) is 0 Å². The zero-order valence-corrected chi connectivity index (χ0v) is 27.7. The molecule has 4 nitrogen and oxygen atoms in total.